The van der Waals surface area contributed by atoms with E-state index in [0.717, 1.165) is 23.6 Å². The summed E-state index contributed by atoms with van der Waals surface area (Å²) in [6.07, 6.45) is 6.38. The van der Waals surface area contributed by atoms with Crippen LogP contribution >= 0.6 is 11.6 Å². The Kier molecular flexibility index (Phi) is 3.04. The van der Waals surface area contributed by atoms with Crippen molar-refractivity contribution < 1.29 is 0 Å². The predicted octanol–water partition coefficient (Wildman–Crippen LogP) is 2.72. The third-order valence-electron chi connectivity index (χ3n) is 2.88. The van der Waals surface area contributed by atoms with Gasteiger partial charge in [0, 0.05) is 28.9 Å². The number of rotatable bonds is 1. The first-order valence-electron chi connectivity index (χ1n) is 5.13. The summed E-state index contributed by atoms with van der Waals surface area (Å²) in [5.74, 6) is 0.512. The molecule has 1 saturated carbocycles. The topological polar surface area (TPSA) is 38.9 Å². The maximum Gasteiger partial charge on any atom is 0.0449 e. The zero-order valence-corrected chi connectivity index (χ0v) is 8.87. The minimum absolute atomic E-state index is 0.342. The van der Waals surface area contributed by atoms with E-state index in [2.05, 4.69) is 4.98 Å². The monoisotopic (exact) mass is 210 g/mol. The molecule has 2 N–H and O–H groups in total. The van der Waals surface area contributed by atoms with E-state index in [1.165, 1.54) is 12.8 Å². The Morgan fingerprint density at radius 3 is 3.00 bits per heavy atom. The summed E-state index contributed by atoms with van der Waals surface area (Å²) in [6.45, 7) is 0. The summed E-state index contributed by atoms with van der Waals surface area (Å²) in [4.78, 5) is 4.36. The van der Waals surface area contributed by atoms with Gasteiger partial charge < -0.3 is 5.73 Å². The maximum absolute atomic E-state index is 5.94. The molecule has 0 aliphatic heterocycles. The molecule has 0 saturated heterocycles. The number of pyridine rings is 1. The van der Waals surface area contributed by atoms with Crippen LogP contribution in [0.15, 0.2) is 18.3 Å². The molecule has 2 unspecified atom stereocenters. The average molecular weight is 211 g/mol. The molecule has 0 aromatic carbocycles. The Balaban J connectivity index is 2.14. The molecule has 1 heterocycles. The van der Waals surface area contributed by atoms with Gasteiger partial charge in [0.15, 0.2) is 0 Å². The number of hydrogen-bond acceptors (Lipinski definition) is 2. The van der Waals surface area contributed by atoms with Gasteiger partial charge in [0.25, 0.3) is 0 Å². The number of halogens is 1. The molecule has 14 heavy (non-hydrogen) atoms. The van der Waals surface area contributed by atoms with Crippen LogP contribution in [0.5, 0.6) is 0 Å². The molecule has 1 aliphatic rings. The van der Waals surface area contributed by atoms with E-state index in [1.807, 2.05) is 12.1 Å². The van der Waals surface area contributed by atoms with Gasteiger partial charge in [-0.15, -0.1) is 0 Å². The van der Waals surface area contributed by atoms with Crippen molar-refractivity contribution in [2.75, 3.05) is 0 Å². The second kappa shape index (κ2) is 4.28. The van der Waals surface area contributed by atoms with E-state index >= 15 is 0 Å². The molecule has 1 aromatic rings. The first kappa shape index (κ1) is 9.94. The fraction of sp³-hybridized carbons (Fsp3) is 0.545. The van der Waals surface area contributed by atoms with Gasteiger partial charge in [0.2, 0.25) is 0 Å². The van der Waals surface area contributed by atoms with Crippen molar-refractivity contribution in [2.45, 2.75) is 37.6 Å². The highest BCUT2D eigenvalue weighted by atomic mass is 35.5. The van der Waals surface area contributed by atoms with Crippen LogP contribution in [0.1, 0.15) is 37.3 Å². The van der Waals surface area contributed by atoms with Crippen LogP contribution in [-0.4, -0.2) is 11.0 Å². The normalized spacial score (nSPS) is 27.6. The first-order valence-corrected chi connectivity index (χ1v) is 5.50. The van der Waals surface area contributed by atoms with E-state index in [-0.39, 0.29) is 0 Å². The summed E-state index contributed by atoms with van der Waals surface area (Å²) in [5.41, 5.74) is 7.04. The Labute approximate surface area is 89.5 Å². The minimum atomic E-state index is 0.342. The Morgan fingerprint density at radius 1 is 1.43 bits per heavy atom. The maximum atomic E-state index is 5.94. The number of nitrogens with zero attached hydrogens (tertiary/aromatic N) is 1. The van der Waals surface area contributed by atoms with Crippen molar-refractivity contribution in [3.05, 3.63) is 29.0 Å². The van der Waals surface area contributed by atoms with Crippen LogP contribution in [-0.2, 0) is 0 Å². The first-order chi connectivity index (χ1) is 6.75. The number of nitrogens with two attached hydrogens (primary N) is 1. The van der Waals surface area contributed by atoms with Gasteiger partial charge in [-0.1, -0.05) is 18.0 Å². The molecule has 76 valence electrons. The summed E-state index contributed by atoms with van der Waals surface area (Å²) in [7, 11) is 0. The Morgan fingerprint density at radius 2 is 2.29 bits per heavy atom. The third kappa shape index (κ3) is 2.25. The average Bonchev–Trinajstić information content (AvgIpc) is 2.18. The number of aromatic nitrogens is 1. The molecular weight excluding hydrogens is 196 g/mol. The second-order valence-corrected chi connectivity index (χ2v) is 4.46. The van der Waals surface area contributed by atoms with Gasteiger partial charge in [-0.3, -0.25) is 4.98 Å². The molecule has 0 amide bonds. The third-order valence-corrected chi connectivity index (χ3v) is 3.11. The van der Waals surface area contributed by atoms with Gasteiger partial charge in [-0.2, -0.15) is 0 Å². The standard InChI is InChI=1S/C11H15ClN2/c12-9-4-5-14-11(7-9)8-2-1-3-10(13)6-8/h4-5,7-8,10H,1-3,6,13H2. The summed E-state index contributed by atoms with van der Waals surface area (Å²) in [6, 6.07) is 4.12. The Hall–Kier alpha value is -0.600. The Bertz CT molecular complexity index is 314. The van der Waals surface area contributed by atoms with Gasteiger partial charge in [0.1, 0.15) is 0 Å². The predicted molar refractivity (Wildman–Crippen MR) is 58.4 cm³/mol. The fourth-order valence-electron chi connectivity index (χ4n) is 2.14. The van der Waals surface area contributed by atoms with E-state index in [1.54, 1.807) is 6.20 Å². The highest BCUT2D eigenvalue weighted by Gasteiger charge is 2.21. The van der Waals surface area contributed by atoms with Crippen LogP contribution in [0.3, 0.4) is 0 Å². The molecule has 1 aromatic heterocycles. The summed E-state index contributed by atoms with van der Waals surface area (Å²) < 4.78 is 0. The van der Waals surface area contributed by atoms with Crippen LogP contribution in [0.25, 0.3) is 0 Å². The molecule has 1 fully saturated rings. The van der Waals surface area contributed by atoms with E-state index in [4.69, 9.17) is 17.3 Å². The van der Waals surface area contributed by atoms with Crippen LogP contribution < -0.4 is 5.73 Å². The van der Waals surface area contributed by atoms with Gasteiger partial charge >= 0.3 is 0 Å². The van der Waals surface area contributed by atoms with Gasteiger partial charge in [0.05, 0.1) is 0 Å². The molecule has 0 radical (unpaired) electrons. The van der Waals surface area contributed by atoms with Crippen molar-refractivity contribution in [3.63, 3.8) is 0 Å². The smallest absolute Gasteiger partial charge is 0.0449 e. The van der Waals surface area contributed by atoms with Crippen molar-refractivity contribution in [1.29, 1.82) is 0 Å². The molecule has 1 aliphatic carbocycles. The van der Waals surface area contributed by atoms with Crippen molar-refractivity contribution >= 4 is 11.6 Å². The minimum Gasteiger partial charge on any atom is -0.328 e. The number of hydrogen-bond donors (Lipinski definition) is 1. The highest BCUT2D eigenvalue weighted by Crippen LogP contribution is 2.31. The SMILES string of the molecule is NC1CCCC(c2cc(Cl)ccn2)C1. The van der Waals surface area contributed by atoms with Crippen LogP contribution in [0.4, 0.5) is 0 Å². The molecule has 2 nitrogen and oxygen atoms in total. The lowest BCUT2D eigenvalue weighted by Crippen LogP contribution is -2.27. The fourth-order valence-corrected chi connectivity index (χ4v) is 2.31. The zero-order chi connectivity index (χ0) is 9.97. The second-order valence-electron chi connectivity index (χ2n) is 4.02. The lowest BCUT2D eigenvalue weighted by molar-refractivity contribution is 0.388. The largest absolute Gasteiger partial charge is 0.328 e. The van der Waals surface area contributed by atoms with E-state index in [0.29, 0.717) is 12.0 Å². The molecule has 2 atom stereocenters. The molecular formula is C11H15ClN2. The van der Waals surface area contributed by atoms with Crippen LogP contribution in [0, 0.1) is 0 Å². The van der Waals surface area contributed by atoms with Gasteiger partial charge in [-0.25, -0.2) is 0 Å². The molecule has 3 heteroatoms. The van der Waals surface area contributed by atoms with Crippen molar-refractivity contribution in [1.82, 2.24) is 4.98 Å². The highest BCUT2D eigenvalue weighted by molar-refractivity contribution is 6.30. The molecule has 0 spiro atoms. The summed E-state index contributed by atoms with van der Waals surface area (Å²) in [5, 5.41) is 0.772. The quantitative estimate of drug-likeness (QED) is 0.774. The lowest BCUT2D eigenvalue weighted by atomic mass is 9.84. The van der Waals surface area contributed by atoms with Gasteiger partial charge in [-0.05, 0) is 31.4 Å². The van der Waals surface area contributed by atoms with Crippen LogP contribution in [0.2, 0.25) is 5.02 Å². The van der Waals surface area contributed by atoms with E-state index < -0.39 is 0 Å². The van der Waals surface area contributed by atoms with Crippen molar-refractivity contribution in [3.8, 4) is 0 Å². The van der Waals surface area contributed by atoms with Crippen molar-refractivity contribution in [2.24, 2.45) is 5.73 Å². The molecule has 0 bridgehead atoms. The van der Waals surface area contributed by atoms with E-state index in [9.17, 15) is 0 Å². The summed E-state index contributed by atoms with van der Waals surface area (Å²) >= 11 is 5.93. The zero-order valence-electron chi connectivity index (χ0n) is 8.12. The lowest BCUT2D eigenvalue weighted by Gasteiger charge is -2.26. The molecule has 2 rings (SSSR count).